The number of nitrogens with one attached hydrogen (secondary N) is 2. The van der Waals surface area contributed by atoms with Crippen molar-refractivity contribution in [3.63, 3.8) is 0 Å². The third-order valence-corrected chi connectivity index (χ3v) is 9.34. The lowest BCUT2D eigenvalue weighted by molar-refractivity contribution is -0.139. The topological polar surface area (TPSA) is 128 Å². The van der Waals surface area contributed by atoms with E-state index in [0.717, 1.165) is 52.6 Å². The number of thiophene rings is 1. The number of aliphatic carboxylic acids is 1. The molecule has 1 fully saturated rings. The van der Waals surface area contributed by atoms with E-state index < -0.39 is 18.5 Å². The van der Waals surface area contributed by atoms with Gasteiger partial charge in [0.25, 0.3) is 0 Å². The summed E-state index contributed by atoms with van der Waals surface area (Å²) in [6.45, 7) is 1.47. The zero-order chi connectivity index (χ0) is 27.9. The summed E-state index contributed by atoms with van der Waals surface area (Å²) >= 11 is 6.02. The molecule has 0 aliphatic carbocycles. The third-order valence-electron chi connectivity index (χ3n) is 6.31. The highest BCUT2D eigenvalue weighted by atomic mass is 79.9. The molecular weight excluding hydrogens is 606 g/mol. The second-order valence-corrected chi connectivity index (χ2v) is 11.6. The first-order valence-electron chi connectivity index (χ1n) is 12.2. The fourth-order valence-electron chi connectivity index (χ4n) is 4.30. The average Bonchev–Trinajstić information content (AvgIpc) is 3.27. The number of rotatable bonds is 10. The molecule has 1 aromatic heterocycles. The number of anilines is 2. The molecule has 4 rings (SSSR count). The number of halogens is 1. The summed E-state index contributed by atoms with van der Waals surface area (Å²) < 4.78 is 5.67. The third kappa shape index (κ3) is 7.25. The Balaban J connectivity index is 1.34. The molecule has 12 heteroatoms. The van der Waals surface area contributed by atoms with E-state index in [9.17, 15) is 19.5 Å². The van der Waals surface area contributed by atoms with Gasteiger partial charge < -0.3 is 30.5 Å². The highest BCUT2D eigenvalue weighted by molar-refractivity contribution is 9.10. The predicted molar refractivity (Wildman–Crippen MR) is 158 cm³/mol. The number of ether oxygens (including phenoxy) is 1. The SMILES string of the molecule is CSc1ccccc1NC(=O)N1CCC(CNc2cccc(-c3sc(C(=O)O)c(OCC(=O)O)c3Br)c2)CC1. The van der Waals surface area contributed by atoms with Gasteiger partial charge in [0.2, 0.25) is 0 Å². The molecule has 9 nitrogen and oxygen atoms in total. The number of para-hydroxylation sites is 1. The monoisotopic (exact) mass is 633 g/mol. The van der Waals surface area contributed by atoms with Crippen LogP contribution in [0.5, 0.6) is 5.75 Å². The van der Waals surface area contributed by atoms with E-state index in [-0.39, 0.29) is 16.7 Å². The molecule has 0 bridgehead atoms. The van der Waals surface area contributed by atoms with Crippen LogP contribution >= 0.6 is 39.0 Å². The maximum Gasteiger partial charge on any atom is 0.349 e. The van der Waals surface area contributed by atoms with Gasteiger partial charge >= 0.3 is 18.0 Å². The molecule has 206 valence electrons. The Kier molecular flexibility index (Phi) is 9.76. The van der Waals surface area contributed by atoms with Gasteiger partial charge in [-0.1, -0.05) is 24.3 Å². The van der Waals surface area contributed by atoms with Crippen molar-refractivity contribution in [3.05, 3.63) is 57.9 Å². The van der Waals surface area contributed by atoms with Crippen molar-refractivity contribution in [1.29, 1.82) is 0 Å². The second kappa shape index (κ2) is 13.2. The van der Waals surface area contributed by atoms with Crippen molar-refractivity contribution in [2.24, 2.45) is 5.92 Å². The summed E-state index contributed by atoms with van der Waals surface area (Å²) in [5.74, 6) is -1.96. The van der Waals surface area contributed by atoms with Gasteiger partial charge in [-0.2, -0.15) is 0 Å². The van der Waals surface area contributed by atoms with Gasteiger partial charge in [-0.3, -0.25) is 0 Å². The molecule has 0 unspecified atom stereocenters. The molecule has 2 amide bonds. The van der Waals surface area contributed by atoms with Gasteiger partial charge in [0.05, 0.1) is 15.0 Å². The molecule has 4 N–H and O–H groups in total. The van der Waals surface area contributed by atoms with Crippen LogP contribution in [0.1, 0.15) is 22.5 Å². The van der Waals surface area contributed by atoms with Crippen molar-refractivity contribution in [1.82, 2.24) is 4.90 Å². The molecule has 1 saturated heterocycles. The minimum absolute atomic E-state index is 0.0102. The number of hydrogen-bond donors (Lipinski definition) is 4. The van der Waals surface area contributed by atoms with Crippen LogP contribution in [0.25, 0.3) is 10.4 Å². The van der Waals surface area contributed by atoms with E-state index in [4.69, 9.17) is 9.84 Å². The van der Waals surface area contributed by atoms with E-state index in [1.807, 2.05) is 59.7 Å². The first-order valence-corrected chi connectivity index (χ1v) is 15.0. The van der Waals surface area contributed by atoms with Gasteiger partial charge in [-0.25, -0.2) is 14.4 Å². The fraction of sp³-hybridized carbons (Fsp3) is 0.296. The number of carbonyl (C=O) groups excluding carboxylic acids is 1. The number of carbonyl (C=O) groups is 3. The molecule has 0 saturated carbocycles. The van der Waals surface area contributed by atoms with E-state index in [2.05, 4.69) is 26.6 Å². The lowest BCUT2D eigenvalue weighted by atomic mass is 9.97. The molecule has 2 heterocycles. The van der Waals surface area contributed by atoms with Crippen LogP contribution in [0.4, 0.5) is 16.2 Å². The molecule has 0 atom stereocenters. The number of likely N-dealkylation sites (tertiary alicyclic amines) is 1. The highest BCUT2D eigenvalue weighted by Crippen LogP contribution is 2.46. The molecule has 39 heavy (non-hydrogen) atoms. The number of thioether (sulfide) groups is 1. The zero-order valence-corrected chi connectivity index (χ0v) is 24.3. The van der Waals surface area contributed by atoms with Gasteiger partial charge in [0.15, 0.2) is 17.2 Å². The lowest BCUT2D eigenvalue weighted by Crippen LogP contribution is -2.42. The number of amides is 2. The number of aromatic carboxylic acids is 1. The first kappa shape index (κ1) is 28.8. The van der Waals surface area contributed by atoms with Crippen LogP contribution in [0.15, 0.2) is 57.9 Å². The number of carboxylic acids is 2. The maximum atomic E-state index is 12.8. The van der Waals surface area contributed by atoms with Gasteiger partial charge in [0, 0.05) is 30.2 Å². The van der Waals surface area contributed by atoms with E-state index in [1.165, 1.54) is 0 Å². The molecule has 0 spiro atoms. The quantitative estimate of drug-likeness (QED) is 0.188. The molecule has 1 aliphatic heterocycles. The van der Waals surface area contributed by atoms with Crippen molar-refractivity contribution in [2.75, 3.05) is 43.1 Å². The van der Waals surface area contributed by atoms with Gasteiger partial charge in [0.1, 0.15) is 0 Å². The van der Waals surface area contributed by atoms with Crippen molar-refractivity contribution < 1.29 is 29.3 Å². The fourth-order valence-corrected chi connectivity index (χ4v) is 6.74. The normalized spacial score (nSPS) is 13.6. The number of benzene rings is 2. The standard InChI is InChI=1S/C27H28BrN3O6S2/c1-38-20-8-3-2-7-19(20)30-27(36)31-11-9-16(10-12-31)14-29-18-6-4-5-17(13-18)24-22(28)23(37-15-21(32)33)25(39-24)26(34)35/h2-8,13,16,29H,9-12,14-15H2,1H3,(H,30,36)(H,32,33)(H,34,35). The first-order chi connectivity index (χ1) is 18.8. The largest absolute Gasteiger partial charge is 0.479 e. The number of urea groups is 1. The summed E-state index contributed by atoms with van der Waals surface area (Å²) in [5.41, 5.74) is 2.49. The average molecular weight is 635 g/mol. The number of piperidine rings is 1. The molecular formula is C27H28BrN3O6S2. The molecule has 1 aliphatic rings. The second-order valence-electron chi connectivity index (χ2n) is 8.91. The molecule has 0 radical (unpaired) electrons. The van der Waals surface area contributed by atoms with Crippen molar-refractivity contribution in [3.8, 4) is 16.2 Å². The highest BCUT2D eigenvalue weighted by Gasteiger charge is 2.25. The lowest BCUT2D eigenvalue weighted by Gasteiger charge is -2.32. The summed E-state index contributed by atoms with van der Waals surface area (Å²) in [6, 6.07) is 15.3. The van der Waals surface area contributed by atoms with Crippen LogP contribution in [0.2, 0.25) is 0 Å². The van der Waals surface area contributed by atoms with E-state index in [0.29, 0.717) is 28.4 Å². The smallest absolute Gasteiger partial charge is 0.349 e. The van der Waals surface area contributed by atoms with Crippen molar-refractivity contribution in [2.45, 2.75) is 17.7 Å². The molecule has 3 aromatic rings. The van der Waals surface area contributed by atoms with Crippen LogP contribution in [0.3, 0.4) is 0 Å². The Hall–Kier alpha value is -3.22. The number of nitrogens with zero attached hydrogens (tertiary/aromatic N) is 1. The Morgan fingerprint density at radius 1 is 1.13 bits per heavy atom. The van der Waals surface area contributed by atoms with Crippen LogP contribution in [-0.2, 0) is 4.79 Å². The Labute approximate surface area is 242 Å². The van der Waals surface area contributed by atoms with Crippen molar-refractivity contribution >= 4 is 68.4 Å². The Morgan fingerprint density at radius 3 is 2.56 bits per heavy atom. The van der Waals surface area contributed by atoms with E-state index in [1.54, 1.807) is 11.8 Å². The minimum atomic E-state index is -1.19. The van der Waals surface area contributed by atoms with Crippen LogP contribution in [0, 0.1) is 5.92 Å². The summed E-state index contributed by atoms with van der Waals surface area (Å²) in [5, 5.41) is 25.0. The number of hydrogen-bond acceptors (Lipinski definition) is 7. The van der Waals surface area contributed by atoms with E-state index >= 15 is 0 Å². The summed E-state index contributed by atoms with van der Waals surface area (Å²) in [6.07, 6.45) is 3.75. The maximum absolute atomic E-state index is 12.8. The van der Waals surface area contributed by atoms with Gasteiger partial charge in [-0.05, 0) is 70.8 Å². The summed E-state index contributed by atoms with van der Waals surface area (Å²) in [7, 11) is 0. The van der Waals surface area contributed by atoms with Gasteiger partial charge in [-0.15, -0.1) is 23.1 Å². The predicted octanol–water partition coefficient (Wildman–Crippen LogP) is 6.42. The zero-order valence-electron chi connectivity index (χ0n) is 21.1. The molecule has 2 aromatic carbocycles. The Bertz CT molecular complexity index is 1360. The van der Waals surface area contributed by atoms with Crippen LogP contribution < -0.4 is 15.4 Å². The number of carboxylic acid groups (broad SMARTS) is 2. The Morgan fingerprint density at radius 2 is 1.87 bits per heavy atom. The summed E-state index contributed by atoms with van der Waals surface area (Å²) in [4.78, 5) is 38.9. The minimum Gasteiger partial charge on any atom is -0.479 e. The van der Waals surface area contributed by atoms with Crippen LogP contribution in [-0.4, -0.2) is 65.6 Å².